The fourth-order valence-electron chi connectivity index (χ4n) is 1.92. The number of anilines is 1. The zero-order valence-corrected chi connectivity index (χ0v) is 13.1. The maximum atomic E-state index is 12.5. The second-order valence-corrected chi connectivity index (χ2v) is 4.80. The van der Waals surface area contributed by atoms with Crippen LogP contribution in [-0.4, -0.2) is 24.6 Å². The van der Waals surface area contributed by atoms with Gasteiger partial charge in [0.25, 0.3) is 0 Å². The van der Waals surface area contributed by atoms with Crippen LogP contribution in [0, 0.1) is 6.92 Å². The lowest BCUT2D eigenvalue weighted by Gasteiger charge is -2.12. The summed E-state index contributed by atoms with van der Waals surface area (Å²) < 4.78 is 34.6. The van der Waals surface area contributed by atoms with Crippen molar-refractivity contribution >= 4 is 17.8 Å². The highest BCUT2D eigenvalue weighted by Crippen LogP contribution is 2.33. The van der Waals surface area contributed by atoms with Gasteiger partial charge in [0.1, 0.15) is 5.82 Å². The van der Waals surface area contributed by atoms with Crippen molar-refractivity contribution in [1.29, 1.82) is 0 Å². The van der Waals surface area contributed by atoms with Crippen LogP contribution in [0.3, 0.4) is 0 Å². The molecule has 2 rings (SSSR count). The van der Waals surface area contributed by atoms with Crippen LogP contribution in [0.5, 0.6) is 11.5 Å². The minimum absolute atomic E-state index is 0.132. The molecule has 0 fully saturated rings. The van der Waals surface area contributed by atoms with E-state index >= 15 is 0 Å². The van der Waals surface area contributed by atoms with Crippen molar-refractivity contribution in [3.05, 3.63) is 53.7 Å². The standard InChI is InChI=1S/C17H16F2N2O3/c1-11-6-8-14(20-10-11)21-15(22)9-7-12-4-3-5-13(23-2)16(12)24-17(18)19/h3-10,17H,1-2H3,(H,20,21,22)/b9-7+. The first-order valence-corrected chi connectivity index (χ1v) is 7.03. The average Bonchev–Trinajstić information content (AvgIpc) is 2.55. The molecule has 1 heterocycles. The number of rotatable bonds is 6. The monoisotopic (exact) mass is 334 g/mol. The third-order valence-electron chi connectivity index (χ3n) is 3.01. The van der Waals surface area contributed by atoms with Gasteiger partial charge in [0, 0.05) is 17.8 Å². The molecule has 2 aromatic rings. The van der Waals surface area contributed by atoms with E-state index in [-0.39, 0.29) is 11.5 Å². The highest BCUT2D eigenvalue weighted by Gasteiger charge is 2.14. The van der Waals surface area contributed by atoms with E-state index in [1.807, 2.05) is 13.0 Å². The third-order valence-corrected chi connectivity index (χ3v) is 3.01. The van der Waals surface area contributed by atoms with Crippen LogP contribution in [0.15, 0.2) is 42.6 Å². The van der Waals surface area contributed by atoms with Crippen molar-refractivity contribution in [2.24, 2.45) is 0 Å². The van der Waals surface area contributed by atoms with Crippen LogP contribution in [0.1, 0.15) is 11.1 Å². The highest BCUT2D eigenvalue weighted by molar-refractivity contribution is 6.01. The number of carbonyl (C=O) groups excluding carboxylic acids is 1. The van der Waals surface area contributed by atoms with Crippen molar-refractivity contribution in [3.63, 3.8) is 0 Å². The second kappa shape index (κ2) is 8.05. The van der Waals surface area contributed by atoms with E-state index in [0.29, 0.717) is 11.4 Å². The number of nitrogens with one attached hydrogen (secondary N) is 1. The fraction of sp³-hybridized carbons (Fsp3) is 0.176. The maximum absolute atomic E-state index is 12.5. The number of ether oxygens (including phenoxy) is 2. The molecule has 1 aromatic heterocycles. The van der Waals surface area contributed by atoms with Crippen molar-refractivity contribution < 1.29 is 23.0 Å². The van der Waals surface area contributed by atoms with Gasteiger partial charge in [0.15, 0.2) is 11.5 Å². The van der Waals surface area contributed by atoms with Crippen molar-refractivity contribution in [1.82, 2.24) is 4.98 Å². The largest absolute Gasteiger partial charge is 0.493 e. The Balaban J connectivity index is 2.15. The number of benzene rings is 1. The minimum atomic E-state index is -3.00. The molecule has 0 aliphatic rings. The smallest absolute Gasteiger partial charge is 0.387 e. The Morgan fingerprint density at radius 3 is 2.71 bits per heavy atom. The number of carbonyl (C=O) groups is 1. The zero-order valence-electron chi connectivity index (χ0n) is 13.1. The predicted octanol–water partition coefficient (Wildman–Crippen LogP) is 3.65. The molecule has 0 radical (unpaired) electrons. The van der Waals surface area contributed by atoms with Crippen LogP contribution in [-0.2, 0) is 4.79 Å². The number of hydrogen-bond acceptors (Lipinski definition) is 4. The van der Waals surface area contributed by atoms with Crippen LogP contribution in [0.25, 0.3) is 6.08 Å². The van der Waals surface area contributed by atoms with Crippen molar-refractivity contribution in [3.8, 4) is 11.5 Å². The lowest BCUT2D eigenvalue weighted by atomic mass is 10.1. The fourth-order valence-corrected chi connectivity index (χ4v) is 1.92. The van der Waals surface area contributed by atoms with Gasteiger partial charge in [-0.2, -0.15) is 8.78 Å². The number of alkyl halides is 2. The Labute approximate surface area is 137 Å². The minimum Gasteiger partial charge on any atom is -0.493 e. The quantitative estimate of drug-likeness (QED) is 0.819. The van der Waals surface area contributed by atoms with E-state index in [0.717, 1.165) is 5.56 Å². The van der Waals surface area contributed by atoms with Crippen LogP contribution in [0.2, 0.25) is 0 Å². The summed E-state index contributed by atoms with van der Waals surface area (Å²) in [6.07, 6.45) is 4.19. The number of methoxy groups -OCH3 is 1. The Morgan fingerprint density at radius 1 is 1.29 bits per heavy atom. The summed E-state index contributed by atoms with van der Waals surface area (Å²) in [5.74, 6) is -0.0345. The normalized spacial score (nSPS) is 10.9. The van der Waals surface area contributed by atoms with E-state index in [4.69, 9.17) is 4.74 Å². The molecule has 7 heteroatoms. The molecule has 1 aromatic carbocycles. The molecule has 0 unspecified atom stereocenters. The molecule has 0 aliphatic heterocycles. The number of para-hydroxylation sites is 1. The molecule has 0 bridgehead atoms. The van der Waals surface area contributed by atoms with Crippen LogP contribution >= 0.6 is 0 Å². The van der Waals surface area contributed by atoms with E-state index in [2.05, 4.69) is 15.0 Å². The topological polar surface area (TPSA) is 60.5 Å². The Kier molecular flexibility index (Phi) is 5.83. The number of hydrogen-bond donors (Lipinski definition) is 1. The highest BCUT2D eigenvalue weighted by atomic mass is 19.3. The molecule has 0 aliphatic carbocycles. The first kappa shape index (κ1) is 17.4. The lowest BCUT2D eigenvalue weighted by molar-refractivity contribution is -0.111. The summed E-state index contributed by atoms with van der Waals surface area (Å²) in [5, 5.41) is 2.57. The van der Waals surface area contributed by atoms with Crippen molar-refractivity contribution in [2.45, 2.75) is 13.5 Å². The van der Waals surface area contributed by atoms with Gasteiger partial charge in [-0.25, -0.2) is 4.98 Å². The molecular formula is C17H16F2N2O3. The average molecular weight is 334 g/mol. The van der Waals surface area contributed by atoms with E-state index < -0.39 is 12.5 Å². The van der Waals surface area contributed by atoms with Gasteiger partial charge in [-0.05, 0) is 30.7 Å². The molecule has 1 amide bonds. The first-order chi connectivity index (χ1) is 11.5. The molecule has 1 N–H and O–H groups in total. The van der Waals surface area contributed by atoms with E-state index in [9.17, 15) is 13.6 Å². The van der Waals surface area contributed by atoms with Gasteiger partial charge in [-0.3, -0.25) is 4.79 Å². The number of aryl methyl sites for hydroxylation is 1. The number of pyridine rings is 1. The third kappa shape index (κ3) is 4.77. The number of nitrogens with zero attached hydrogens (tertiary/aromatic N) is 1. The number of aromatic nitrogens is 1. The lowest BCUT2D eigenvalue weighted by Crippen LogP contribution is -2.09. The molecule has 0 saturated heterocycles. The van der Waals surface area contributed by atoms with Gasteiger partial charge in [0.2, 0.25) is 5.91 Å². The van der Waals surface area contributed by atoms with Gasteiger partial charge in [0.05, 0.1) is 7.11 Å². The van der Waals surface area contributed by atoms with Gasteiger partial charge >= 0.3 is 6.61 Å². The summed E-state index contributed by atoms with van der Waals surface area (Å²) in [6.45, 7) is -1.12. The van der Waals surface area contributed by atoms with Crippen LogP contribution in [0.4, 0.5) is 14.6 Å². The summed E-state index contributed by atoms with van der Waals surface area (Å²) in [6, 6.07) is 8.11. The molecule has 0 atom stereocenters. The molecule has 126 valence electrons. The Morgan fingerprint density at radius 2 is 2.08 bits per heavy atom. The number of amides is 1. The van der Waals surface area contributed by atoms with E-state index in [1.54, 1.807) is 18.3 Å². The van der Waals surface area contributed by atoms with Gasteiger partial charge < -0.3 is 14.8 Å². The number of halogens is 2. The molecule has 0 saturated carbocycles. The van der Waals surface area contributed by atoms with Gasteiger partial charge in [-0.15, -0.1) is 0 Å². The molecule has 24 heavy (non-hydrogen) atoms. The predicted molar refractivity (Wildman–Crippen MR) is 86.3 cm³/mol. The SMILES string of the molecule is COc1cccc(/C=C/C(=O)Nc2ccc(C)cn2)c1OC(F)F. The summed E-state index contributed by atoms with van der Waals surface area (Å²) >= 11 is 0. The summed E-state index contributed by atoms with van der Waals surface area (Å²) in [4.78, 5) is 15.9. The molecular weight excluding hydrogens is 318 g/mol. The van der Waals surface area contributed by atoms with Gasteiger partial charge in [-0.1, -0.05) is 18.2 Å². The maximum Gasteiger partial charge on any atom is 0.387 e. The summed E-state index contributed by atoms with van der Waals surface area (Å²) in [5.41, 5.74) is 1.26. The summed E-state index contributed by atoms with van der Waals surface area (Å²) in [7, 11) is 1.34. The Bertz CT molecular complexity index is 731. The molecule has 5 nitrogen and oxygen atoms in total. The second-order valence-electron chi connectivity index (χ2n) is 4.80. The van der Waals surface area contributed by atoms with Crippen molar-refractivity contribution in [2.75, 3.05) is 12.4 Å². The first-order valence-electron chi connectivity index (χ1n) is 7.03. The Hall–Kier alpha value is -2.96. The van der Waals surface area contributed by atoms with Crippen LogP contribution < -0.4 is 14.8 Å². The zero-order chi connectivity index (χ0) is 17.5. The molecule has 0 spiro atoms. The van der Waals surface area contributed by atoms with E-state index in [1.165, 1.54) is 31.4 Å².